The Hall–Kier alpha value is -7.39. The average molecular weight is 636 g/mol. The predicted molar refractivity (Wildman–Crippen MR) is 202 cm³/mol. The van der Waals surface area contributed by atoms with Crippen LogP contribution in [0.5, 0.6) is 0 Å². The second-order valence-electron chi connectivity index (χ2n) is 12.3. The van der Waals surface area contributed by atoms with Gasteiger partial charge in [0, 0.05) is 21.7 Å². The molecule has 0 radical (unpaired) electrons. The van der Waals surface area contributed by atoms with Crippen molar-refractivity contribution in [2.24, 2.45) is 0 Å². The van der Waals surface area contributed by atoms with Crippen LogP contribution in [0, 0.1) is 29.2 Å². The van der Waals surface area contributed by atoms with Gasteiger partial charge in [0.2, 0.25) is 0 Å². The van der Waals surface area contributed by atoms with Gasteiger partial charge in [-0.2, -0.15) is 10.5 Å². The number of aromatic nitrogens is 2. The SMILES string of the molecule is [C-]#[N+]c1ccc2c(c1)c1ccccc1n2-c1cc(-c2ccccc2)ccc1-c1ccc(-n2c3ccccc3c3cc(C#N)ccc32)c(C#N)c1. The summed E-state index contributed by atoms with van der Waals surface area (Å²) in [7, 11) is 0. The highest BCUT2D eigenvalue weighted by Crippen LogP contribution is 2.41. The summed E-state index contributed by atoms with van der Waals surface area (Å²) in [4.78, 5) is 3.72. The molecule has 0 aliphatic rings. The zero-order chi connectivity index (χ0) is 33.8. The molecule has 0 spiro atoms. The Kier molecular flexibility index (Phi) is 6.56. The van der Waals surface area contributed by atoms with Crippen LogP contribution in [0.15, 0.2) is 152 Å². The number of benzene rings is 7. The van der Waals surface area contributed by atoms with Gasteiger partial charge in [-0.3, -0.25) is 0 Å². The second kappa shape index (κ2) is 11.4. The monoisotopic (exact) mass is 635 g/mol. The number of nitriles is 2. The van der Waals surface area contributed by atoms with Gasteiger partial charge < -0.3 is 9.13 Å². The molecule has 50 heavy (non-hydrogen) atoms. The predicted octanol–water partition coefficient (Wildman–Crippen LogP) is 11.5. The van der Waals surface area contributed by atoms with Gasteiger partial charge in [-0.05, 0) is 82.7 Å². The quantitative estimate of drug-likeness (QED) is 0.181. The lowest BCUT2D eigenvalue weighted by Gasteiger charge is -2.17. The minimum Gasteiger partial charge on any atom is -0.309 e. The van der Waals surface area contributed by atoms with Gasteiger partial charge in [0.15, 0.2) is 5.69 Å². The van der Waals surface area contributed by atoms with Crippen LogP contribution in [0.2, 0.25) is 0 Å². The molecule has 0 bridgehead atoms. The van der Waals surface area contributed by atoms with E-state index in [2.05, 4.69) is 86.8 Å². The second-order valence-corrected chi connectivity index (χ2v) is 12.3. The summed E-state index contributed by atoms with van der Waals surface area (Å²) < 4.78 is 4.40. The summed E-state index contributed by atoms with van der Waals surface area (Å²) in [5.41, 5.74) is 11.5. The molecule has 0 saturated carbocycles. The van der Waals surface area contributed by atoms with E-state index in [0.717, 1.165) is 77.2 Å². The van der Waals surface area contributed by atoms with E-state index < -0.39 is 0 Å². The number of fused-ring (bicyclic) bond motifs is 6. The Morgan fingerprint density at radius 2 is 1.08 bits per heavy atom. The Morgan fingerprint density at radius 3 is 1.78 bits per heavy atom. The van der Waals surface area contributed by atoms with Gasteiger partial charge in [-0.25, -0.2) is 4.85 Å². The highest BCUT2D eigenvalue weighted by Gasteiger charge is 2.20. The van der Waals surface area contributed by atoms with Crippen molar-refractivity contribution in [2.45, 2.75) is 0 Å². The van der Waals surface area contributed by atoms with Crippen molar-refractivity contribution in [1.29, 1.82) is 10.5 Å². The molecule has 2 aromatic heterocycles. The smallest absolute Gasteiger partial charge is 0.188 e. The summed E-state index contributed by atoms with van der Waals surface area (Å²) in [6.07, 6.45) is 0. The van der Waals surface area contributed by atoms with E-state index in [1.807, 2.05) is 91.0 Å². The molecule has 0 unspecified atom stereocenters. The fourth-order valence-electron chi connectivity index (χ4n) is 7.35. The Bertz CT molecular complexity index is 2960. The van der Waals surface area contributed by atoms with Gasteiger partial charge in [0.05, 0.1) is 57.2 Å². The summed E-state index contributed by atoms with van der Waals surface area (Å²) in [5.74, 6) is 0. The highest BCUT2D eigenvalue weighted by atomic mass is 15.0. The topological polar surface area (TPSA) is 61.8 Å². The molecule has 0 saturated heterocycles. The standard InChI is InChI=1S/C45H25N5/c1-48-34-18-22-44-39(26-34)37-12-6-8-14-42(37)50(44)45-25-31(30-9-3-2-4-10-30)16-19-35(45)32-17-21-40(33(24-32)28-47)49-41-13-7-5-11-36(41)38-23-29(27-46)15-20-43(38)49/h2-26H. The number of nitrogens with zero attached hydrogens (tertiary/aromatic N) is 5. The van der Waals surface area contributed by atoms with Gasteiger partial charge in [0.1, 0.15) is 6.07 Å². The molecule has 2 heterocycles. The Balaban J connectivity index is 1.31. The third-order valence-corrected chi connectivity index (χ3v) is 9.60. The lowest BCUT2D eigenvalue weighted by Crippen LogP contribution is -2.00. The molecule has 0 N–H and O–H groups in total. The molecule has 9 rings (SSSR count). The molecule has 0 atom stereocenters. The summed E-state index contributed by atoms with van der Waals surface area (Å²) in [5, 5.41) is 24.4. The van der Waals surface area contributed by atoms with Crippen LogP contribution in [0.25, 0.3) is 82.1 Å². The molecule has 9 aromatic rings. The minimum atomic E-state index is 0.538. The molecule has 5 heteroatoms. The third-order valence-electron chi connectivity index (χ3n) is 9.60. The lowest BCUT2D eigenvalue weighted by atomic mass is 9.96. The van der Waals surface area contributed by atoms with Gasteiger partial charge in [-0.15, -0.1) is 0 Å². The number of hydrogen-bond acceptors (Lipinski definition) is 2. The van der Waals surface area contributed by atoms with Crippen LogP contribution < -0.4 is 0 Å². The van der Waals surface area contributed by atoms with Crippen molar-refractivity contribution >= 4 is 49.3 Å². The molecule has 5 nitrogen and oxygen atoms in total. The summed E-state index contributed by atoms with van der Waals surface area (Å²) in [6, 6.07) is 55.7. The van der Waals surface area contributed by atoms with Gasteiger partial charge >= 0.3 is 0 Å². The van der Waals surface area contributed by atoms with E-state index in [4.69, 9.17) is 6.57 Å². The van der Waals surface area contributed by atoms with Crippen LogP contribution in [0.1, 0.15) is 11.1 Å². The van der Waals surface area contributed by atoms with Crippen LogP contribution in [0.4, 0.5) is 5.69 Å². The number of para-hydroxylation sites is 2. The van der Waals surface area contributed by atoms with Crippen LogP contribution in [-0.4, -0.2) is 9.13 Å². The summed E-state index contributed by atoms with van der Waals surface area (Å²) in [6.45, 7) is 7.66. The van der Waals surface area contributed by atoms with E-state index in [1.54, 1.807) is 0 Å². The van der Waals surface area contributed by atoms with E-state index >= 15 is 0 Å². The maximum Gasteiger partial charge on any atom is 0.188 e. The van der Waals surface area contributed by atoms with Crippen molar-refractivity contribution in [2.75, 3.05) is 0 Å². The molecule has 7 aromatic carbocycles. The van der Waals surface area contributed by atoms with E-state index in [-0.39, 0.29) is 0 Å². The van der Waals surface area contributed by atoms with Crippen molar-refractivity contribution in [3.63, 3.8) is 0 Å². The molecular formula is C45H25N5. The normalized spacial score (nSPS) is 11.1. The van der Waals surface area contributed by atoms with Crippen LogP contribution in [-0.2, 0) is 0 Å². The zero-order valence-electron chi connectivity index (χ0n) is 26.7. The van der Waals surface area contributed by atoms with E-state index in [9.17, 15) is 10.5 Å². The van der Waals surface area contributed by atoms with E-state index in [0.29, 0.717) is 16.8 Å². The minimum absolute atomic E-state index is 0.538. The van der Waals surface area contributed by atoms with Gasteiger partial charge in [-0.1, -0.05) is 91.0 Å². The van der Waals surface area contributed by atoms with E-state index in [1.165, 1.54) is 0 Å². The van der Waals surface area contributed by atoms with Crippen LogP contribution in [0.3, 0.4) is 0 Å². The lowest BCUT2D eigenvalue weighted by molar-refractivity contribution is 1.16. The first-order chi connectivity index (χ1) is 24.7. The zero-order valence-corrected chi connectivity index (χ0v) is 26.7. The largest absolute Gasteiger partial charge is 0.309 e. The van der Waals surface area contributed by atoms with Crippen LogP contribution >= 0.6 is 0 Å². The molecule has 0 aliphatic carbocycles. The first kappa shape index (κ1) is 28.8. The third kappa shape index (κ3) is 4.38. The molecule has 230 valence electrons. The van der Waals surface area contributed by atoms with Gasteiger partial charge in [0.25, 0.3) is 0 Å². The number of rotatable bonds is 4. The maximum absolute atomic E-state index is 10.7. The van der Waals surface area contributed by atoms with Crippen molar-refractivity contribution in [1.82, 2.24) is 9.13 Å². The molecular weight excluding hydrogens is 611 g/mol. The van der Waals surface area contributed by atoms with Crippen molar-refractivity contribution < 1.29 is 0 Å². The Labute approximate surface area is 288 Å². The fourth-order valence-corrected chi connectivity index (χ4v) is 7.35. The first-order valence-electron chi connectivity index (χ1n) is 16.3. The molecule has 0 amide bonds. The molecule has 0 fully saturated rings. The average Bonchev–Trinajstić information content (AvgIpc) is 3.69. The fraction of sp³-hybridized carbons (Fsp3) is 0. The molecule has 0 aliphatic heterocycles. The summed E-state index contributed by atoms with van der Waals surface area (Å²) >= 11 is 0. The first-order valence-corrected chi connectivity index (χ1v) is 16.3. The van der Waals surface area contributed by atoms with Crippen molar-refractivity contribution in [3.8, 4) is 45.8 Å². The van der Waals surface area contributed by atoms with Crippen molar-refractivity contribution in [3.05, 3.63) is 174 Å². The maximum atomic E-state index is 10.7. The highest BCUT2D eigenvalue weighted by molar-refractivity contribution is 6.11. The number of hydrogen-bond donors (Lipinski definition) is 0. The Morgan fingerprint density at radius 1 is 0.460 bits per heavy atom.